The molecule has 0 spiro atoms. The van der Waals surface area contributed by atoms with Crippen LogP contribution in [-0.2, 0) is 0 Å². The van der Waals surface area contributed by atoms with Crippen molar-refractivity contribution in [3.05, 3.63) is 24.5 Å². The minimum absolute atomic E-state index is 0.802. The van der Waals surface area contributed by atoms with Crippen molar-refractivity contribution >= 4 is 36.2 Å². The predicted octanol–water partition coefficient (Wildman–Crippen LogP) is 3.01. The van der Waals surface area contributed by atoms with E-state index in [1.165, 1.54) is 0 Å². The van der Waals surface area contributed by atoms with Crippen LogP contribution in [-0.4, -0.2) is 0 Å². The lowest BCUT2D eigenvalue weighted by atomic mass is 10.2. The van der Waals surface area contributed by atoms with E-state index in [1.54, 1.807) is 6.26 Å². The molecule has 0 aliphatic heterocycles. The Morgan fingerprint density at radius 2 is 1.91 bits per heavy atom. The highest BCUT2D eigenvalue weighted by atomic mass is 32.1. The van der Waals surface area contributed by atoms with Gasteiger partial charge in [0.05, 0.1) is 11.2 Å². The summed E-state index contributed by atoms with van der Waals surface area (Å²) in [6.45, 7) is 0. The van der Waals surface area contributed by atoms with Crippen LogP contribution < -0.4 is 0 Å². The van der Waals surface area contributed by atoms with Gasteiger partial charge in [0.2, 0.25) is 0 Å². The van der Waals surface area contributed by atoms with Crippen molar-refractivity contribution in [1.82, 2.24) is 0 Å². The van der Waals surface area contributed by atoms with Gasteiger partial charge in [0.25, 0.3) is 0 Å². The van der Waals surface area contributed by atoms with E-state index in [-0.39, 0.29) is 0 Å². The summed E-state index contributed by atoms with van der Waals surface area (Å²) >= 11 is 8.47. The SMILES string of the molecule is Sc1ccc2ccoc2c1S. The first-order valence-electron chi connectivity index (χ1n) is 3.17. The molecule has 0 atom stereocenters. The minimum atomic E-state index is 0.802. The molecule has 11 heavy (non-hydrogen) atoms. The number of hydrogen-bond donors (Lipinski definition) is 2. The zero-order valence-corrected chi connectivity index (χ0v) is 7.40. The zero-order valence-electron chi connectivity index (χ0n) is 5.61. The molecule has 3 heteroatoms. The number of furan rings is 1. The van der Waals surface area contributed by atoms with Gasteiger partial charge in [-0.1, -0.05) is 0 Å². The average Bonchev–Trinajstić information content (AvgIpc) is 2.45. The van der Waals surface area contributed by atoms with Crippen molar-refractivity contribution in [2.75, 3.05) is 0 Å². The second-order valence-corrected chi connectivity index (χ2v) is 3.20. The first kappa shape index (κ1) is 7.13. The third-order valence-electron chi connectivity index (χ3n) is 1.57. The average molecular weight is 182 g/mol. The molecule has 1 aromatic heterocycles. The number of thiol groups is 2. The molecule has 0 saturated carbocycles. The fraction of sp³-hybridized carbons (Fsp3) is 0. The summed E-state index contributed by atoms with van der Waals surface area (Å²) in [5.41, 5.74) is 0.806. The fourth-order valence-electron chi connectivity index (χ4n) is 1.01. The molecule has 0 N–H and O–H groups in total. The number of rotatable bonds is 0. The standard InChI is InChI=1S/C8H6OS2/c10-6-2-1-5-3-4-9-7(5)8(6)11/h1-4,10-11H. The molecule has 0 aliphatic rings. The molecule has 0 saturated heterocycles. The van der Waals surface area contributed by atoms with Gasteiger partial charge in [0.1, 0.15) is 5.58 Å². The minimum Gasteiger partial charge on any atom is -0.463 e. The third-order valence-corrected chi connectivity index (χ3v) is 2.57. The molecule has 0 fully saturated rings. The lowest BCUT2D eigenvalue weighted by molar-refractivity contribution is 0.606. The second kappa shape index (κ2) is 2.50. The highest BCUT2D eigenvalue weighted by Crippen LogP contribution is 2.28. The Morgan fingerprint density at radius 3 is 2.73 bits per heavy atom. The van der Waals surface area contributed by atoms with Crippen molar-refractivity contribution in [1.29, 1.82) is 0 Å². The Hall–Kier alpha value is -0.540. The molecule has 0 bridgehead atoms. The van der Waals surface area contributed by atoms with Crippen molar-refractivity contribution in [3.8, 4) is 0 Å². The Labute approximate surface area is 75.2 Å². The van der Waals surface area contributed by atoms with E-state index in [1.807, 2.05) is 18.2 Å². The fourth-order valence-corrected chi connectivity index (χ4v) is 1.44. The predicted molar refractivity (Wildman–Crippen MR) is 50.7 cm³/mol. The van der Waals surface area contributed by atoms with Crippen molar-refractivity contribution in [2.24, 2.45) is 0 Å². The summed E-state index contributed by atoms with van der Waals surface area (Å²) < 4.78 is 5.20. The smallest absolute Gasteiger partial charge is 0.148 e. The largest absolute Gasteiger partial charge is 0.463 e. The molecule has 0 unspecified atom stereocenters. The van der Waals surface area contributed by atoms with Gasteiger partial charge in [-0.25, -0.2) is 0 Å². The first-order valence-corrected chi connectivity index (χ1v) is 4.06. The molecular formula is C8H6OS2. The summed E-state index contributed by atoms with van der Waals surface area (Å²) in [6.07, 6.45) is 1.65. The monoisotopic (exact) mass is 182 g/mol. The van der Waals surface area contributed by atoms with E-state index in [2.05, 4.69) is 25.3 Å². The van der Waals surface area contributed by atoms with Gasteiger partial charge < -0.3 is 4.42 Å². The maximum absolute atomic E-state index is 5.20. The Kier molecular flexibility index (Phi) is 1.62. The van der Waals surface area contributed by atoms with Crippen molar-refractivity contribution < 1.29 is 4.42 Å². The lowest BCUT2D eigenvalue weighted by Crippen LogP contribution is -1.70. The summed E-state index contributed by atoms with van der Waals surface area (Å²) in [5, 5.41) is 1.06. The van der Waals surface area contributed by atoms with Crippen LogP contribution >= 0.6 is 25.3 Å². The van der Waals surface area contributed by atoms with Gasteiger partial charge in [-0.2, -0.15) is 0 Å². The van der Waals surface area contributed by atoms with Crippen molar-refractivity contribution in [2.45, 2.75) is 9.79 Å². The van der Waals surface area contributed by atoms with Gasteiger partial charge >= 0.3 is 0 Å². The van der Waals surface area contributed by atoms with Crippen LogP contribution in [0.1, 0.15) is 0 Å². The van der Waals surface area contributed by atoms with Gasteiger partial charge in [-0.3, -0.25) is 0 Å². The van der Waals surface area contributed by atoms with E-state index in [0.29, 0.717) is 0 Å². The molecule has 0 radical (unpaired) electrons. The molecule has 0 amide bonds. The summed E-state index contributed by atoms with van der Waals surface area (Å²) in [4.78, 5) is 1.65. The molecule has 56 valence electrons. The molecule has 1 heterocycles. The summed E-state index contributed by atoms with van der Waals surface area (Å²) in [6, 6.07) is 5.77. The van der Waals surface area contributed by atoms with Gasteiger partial charge in [0.15, 0.2) is 0 Å². The zero-order chi connectivity index (χ0) is 7.84. The topological polar surface area (TPSA) is 13.1 Å². The van der Waals surface area contributed by atoms with Crippen molar-refractivity contribution in [3.63, 3.8) is 0 Å². The van der Waals surface area contributed by atoms with Crippen LogP contribution in [0.3, 0.4) is 0 Å². The summed E-state index contributed by atoms with van der Waals surface area (Å²) in [7, 11) is 0. The van der Waals surface area contributed by atoms with Crippen LogP contribution in [0.2, 0.25) is 0 Å². The normalized spacial score (nSPS) is 10.7. The van der Waals surface area contributed by atoms with Crippen LogP contribution in [0, 0.1) is 0 Å². The first-order chi connectivity index (χ1) is 5.29. The molecule has 1 aromatic carbocycles. The van der Waals surface area contributed by atoms with E-state index < -0.39 is 0 Å². The van der Waals surface area contributed by atoms with Gasteiger partial charge in [-0.05, 0) is 18.2 Å². The Bertz CT molecular complexity index is 392. The van der Waals surface area contributed by atoms with E-state index in [0.717, 1.165) is 20.8 Å². The maximum atomic E-state index is 5.20. The lowest BCUT2D eigenvalue weighted by Gasteiger charge is -1.96. The number of hydrogen-bond acceptors (Lipinski definition) is 3. The van der Waals surface area contributed by atoms with E-state index in [4.69, 9.17) is 4.42 Å². The maximum Gasteiger partial charge on any atom is 0.148 e. The molecular weight excluding hydrogens is 176 g/mol. The van der Waals surface area contributed by atoms with Gasteiger partial charge in [0, 0.05) is 10.3 Å². The van der Waals surface area contributed by atoms with E-state index in [9.17, 15) is 0 Å². The third kappa shape index (κ3) is 1.04. The number of fused-ring (bicyclic) bond motifs is 1. The van der Waals surface area contributed by atoms with Crippen LogP contribution in [0.15, 0.2) is 38.7 Å². The van der Waals surface area contributed by atoms with Crippen LogP contribution in [0.4, 0.5) is 0 Å². The Morgan fingerprint density at radius 1 is 1.09 bits per heavy atom. The van der Waals surface area contributed by atoms with Crippen LogP contribution in [0.5, 0.6) is 0 Å². The second-order valence-electron chi connectivity index (χ2n) is 2.27. The van der Waals surface area contributed by atoms with Crippen LogP contribution in [0.25, 0.3) is 11.0 Å². The van der Waals surface area contributed by atoms with Gasteiger partial charge in [-0.15, -0.1) is 25.3 Å². The highest BCUT2D eigenvalue weighted by molar-refractivity contribution is 7.83. The molecule has 2 rings (SSSR count). The number of benzene rings is 1. The van der Waals surface area contributed by atoms with E-state index >= 15 is 0 Å². The summed E-state index contributed by atoms with van der Waals surface area (Å²) in [5.74, 6) is 0. The molecule has 0 aliphatic carbocycles. The quantitative estimate of drug-likeness (QED) is 0.597. The Balaban J connectivity index is 2.93. The highest BCUT2D eigenvalue weighted by Gasteiger charge is 2.02. The molecule has 1 nitrogen and oxygen atoms in total. The molecule has 2 aromatic rings.